The van der Waals surface area contributed by atoms with E-state index in [1.807, 2.05) is 29.7 Å². The summed E-state index contributed by atoms with van der Waals surface area (Å²) in [6, 6.07) is -0.732. The van der Waals surface area contributed by atoms with Crippen molar-refractivity contribution >= 4 is 38.4 Å². The van der Waals surface area contributed by atoms with E-state index in [0.717, 1.165) is 42.8 Å². The Balaban J connectivity index is 2.09. The molecule has 7 nitrogen and oxygen atoms in total. The van der Waals surface area contributed by atoms with Crippen LogP contribution in [0.15, 0.2) is 47.4 Å². The maximum Gasteiger partial charge on any atom is 0.247 e. The smallest absolute Gasteiger partial charge is 0.247 e. The predicted octanol–water partition coefficient (Wildman–Crippen LogP) is 1.92. The molecule has 2 rings (SSSR count). The van der Waals surface area contributed by atoms with Crippen LogP contribution in [0.4, 0.5) is 0 Å². The average Bonchev–Trinajstić information content (AvgIpc) is 2.80. The molecule has 0 radical (unpaired) electrons. The highest BCUT2D eigenvalue weighted by Gasteiger charge is 2.27. The number of carbonyl (C=O) groups excluding carboxylic acids is 3. The van der Waals surface area contributed by atoms with Crippen molar-refractivity contribution in [3.05, 3.63) is 47.4 Å². The van der Waals surface area contributed by atoms with Crippen LogP contribution in [0.1, 0.15) is 26.2 Å². The zero-order valence-electron chi connectivity index (χ0n) is 16.6. The molecule has 29 heavy (non-hydrogen) atoms. The van der Waals surface area contributed by atoms with Gasteiger partial charge in [0.1, 0.15) is 6.04 Å². The molecule has 0 aliphatic carbocycles. The molecular formula is C20H29N4O3PS. The third-order valence-electron chi connectivity index (χ3n) is 4.57. The summed E-state index contributed by atoms with van der Waals surface area (Å²) in [5.41, 5.74) is 1.71. The minimum Gasteiger partial charge on any atom is -0.344 e. The second-order valence-electron chi connectivity index (χ2n) is 6.87. The maximum atomic E-state index is 12.8. The summed E-state index contributed by atoms with van der Waals surface area (Å²) in [5.74, 6) is 0.0816. The minimum absolute atomic E-state index is 0.0967. The van der Waals surface area contributed by atoms with Crippen molar-refractivity contribution in [3.8, 4) is 0 Å². The fourth-order valence-electron chi connectivity index (χ4n) is 2.94. The molecular weight excluding hydrogens is 407 g/mol. The highest BCUT2D eigenvalue weighted by Crippen LogP contribution is 2.23. The van der Waals surface area contributed by atoms with Crippen LogP contribution in [0.5, 0.6) is 0 Å². The number of thioether (sulfide) groups is 1. The monoisotopic (exact) mass is 436 g/mol. The summed E-state index contributed by atoms with van der Waals surface area (Å²) in [6.45, 7) is 7.09. The van der Waals surface area contributed by atoms with Crippen LogP contribution in [-0.4, -0.2) is 42.6 Å². The van der Waals surface area contributed by atoms with Crippen molar-refractivity contribution < 1.29 is 14.4 Å². The third-order valence-corrected chi connectivity index (χ3v) is 6.25. The van der Waals surface area contributed by atoms with Gasteiger partial charge in [-0.15, -0.1) is 11.8 Å². The lowest BCUT2D eigenvalue weighted by Gasteiger charge is -2.25. The Morgan fingerprint density at radius 1 is 1.28 bits per heavy atom. The predicted molar refractivity (Wildman–Crippen MR) is 120 cm³/mol. The van der Waals surface area contributed by atoms with E-state index in [4.69, 9.17) is 0 Å². The molecule has 0 aromatic carbocycles. The van der Waals surface area contributed by atoms with E-state index >= 15 is 0 Å². The Hall–Kier alpha value is -1.89. The Labute approximate surface area is 178 Å². The molecule has 2 aliphatic rings. The molecule has 1 fully saturated rings. The molecule has 0 aromatic rings. The second-order valence-corrected chi connectivity index (χ2v) is 8.53. The van der Waals surface area contributed by atoms with Gasteiger partial charge in [-0.25, -0.2) is 0 Å². The van der Waals surface area contributed by atoms with Gasteiger partial charge in [-0.1, -0.05) is 30.9 Å². The molecule has 2 atom stereocenters. The molecule has 0 saturated carbocycles. The second kappa shape index (κ2) is 12.6. The summed E-state index contributed by atoms with van der Waals surface area (Å²) >= 11 is 1.62. The van der Waals surface area contributed by atoms with Gasteiger partial charge in [0.05, 0.1) is 8.88 Å². The molecule has 2 heterocycles. The molecule has 3 amide bonds. The first kappa shape index (κ1) is 23.4. The fraction of sp³-hybridized carbons (Fsp3) is 0.450. The molecule has 9 heteroatoms. The van der Waals surface area contributed by atoms with Gasteiger partial charge in [0.15, 0.2) is 0 Å². The molecule has 4 N–H and O–H groups in total. The van der Waals surface area contributed by atoms with Crippen LogP contribution < -0.4 is 20.8 Å². The van der Waals surface area contributed by atoms with Crippen molar-refractivity contribution in [2.75, 3.05) is 18.8 Å². The van der Waals surface area contributed by atoms with Gasteiger partial charge < -0.3 is 20.8 Å². The first-order valence-corrected chi connectivity index (χ1v) is 11.7. The molecule has 0 spiro atoms. The van der Waals surface area contributed by atoms with Crippen LogP contribution in [0, 0.1) is 5.92 Å². The number of rotatable bonds is 7. The number of piperidine rings is 1. The van der Waals surface area contributed by atoms with Crippen LogP contribution >= 0.6 is 20.6 Å². The Bertz CT molecular complexity index is 715. The van der Waals surface area contributed by atoms with Gasteiger partial charge in [0, 0.05) is 25.0 Å². The highest BCUT2D eigenvalue weighted by molar-refractivity contribution is 8.02. The van der Waals surface area contributed by atoms with Gasteiger partial charge in [0.25, 0.3) is 0 Å². The largest absolute Gasteiger partial charge is 0.344 e. The summed E-state index contributed by atoms with van der Waals surface area (Å²) in [4.78, 5) is 36.6. The number of amides is 3. The zero-order chi connectivity index (χ0) is 21.1. The van der Waals surface area contributed by atoms with E-state index in [2.05, 4.69) is 27.4 Å². The number of nitrogens with one attached hydrogen (secondary N) is 4. The lowest BCUT2D eigenvalue weighted by molar-refractivity contribution is -0.130. The van der Waals surface area contributed by atoms with Gasteiger partial charge >= 0.3 is 0 Å². The van der Waals surface area contributed by atoms with Gasteiger partial charge in [-0.3, -0.25) is 14.4 Å². The summed E-state index contributed by atoms with van der Waals surface area (Å²) in [6.07, 6.45) is 9.68. The lowest BCUT2D eigenvalue weighted by atomic mass is 9.95. The van der Waals surface area contributed by atoms with Crippen LogP contribution in [0.3, 0.4) is 0 Å². The standard InChI is InChI=1S/C20H29N4O3PS/c1-14-6-4-3-5-11-29-13-17(14)12-18(20(27)24-28-23-15(2)25)22-19(26)16-7-9-21-10-8-16/h3-6,13,16,18,21,28H,1,7-12H2,2H3,(H,22,26)(H,23,25)(H,24,27)/b5-3-,6-4-,17-13-. The van der Waals surface area contributed by atoms with E-state index < -0.39 is 6.04 Å². The van der Waals surface area contributed by atoms with E-state index in [-0.39, 0.29) is 32.5 Å². The SMILES string of the molecule is C=C1/C=C\C=C/CS/C=C\1CC(NC(=O)C1CCNCC1)C(=O)NPNC(C)=O. The zero-order valence-corrected chi connectivity index (χ0v) is 18.4. The number of hydrogen-bond donors (Lipinski definition) is 4. The molecule has 1 saturated heterocycles. The van der Waals surface area contributed by atoms with Crippen molar-refractivity contribution in [2.24, 2.45) is 5.92 Å². The molecule has 2 unspecified atom stereocenters. The summed E-state index contributed by atoms with van der Waals surface area (Å²) in [5, 5.41) is 13.4. The van der Waals surface area contributed by atoms with Crippen molar-refractivity contribution in [3.63, 3.8) is 0 Å². The third kappa shape index (κ3) is 8.56. The van der Waals surface area contributed by atoms with Crippen molar-refractivity contribution in [2.45, 2.75) is 32.2 Å². The Kier molecular flexibility index (Phi) is 10.2. The summed E-state index contributed by atoms with van der Waals surface area (Å²) in [7, 11) is -0.240. The van der Waals surface area contributed by atoms with E-state index in [0.29, 0.717) is 6.42 Å². The van der Waals surface area contributed by atoms with Crippen LogP contribution in [0.2, 0.25) is 0 Å². The molecule has 0 bridgehead atoms. The summed E-state index contributed by atoms with van der Waals surface area (Å²) < 4.78 is 0. The molecule has 2 aliphatic heterocycles. The maximum absolute atomic E-state index is 12.8. The van der Waals surface area contributed by atoms with Crippen molar-refractivity contribution in [1.29, 1.82) is 0 Å². The average molecular weight is 437 g/mol. The van der Waals surface area contributed by atoms with E-state index in [1.165, 1.54) is 6.92 Å². The van der Waals surface area contributed by atoms with E-state index in [1.54, 1.807) is 11.8 Å². The van der Waals surface area contributed by atoms with Crippen LogP contribution in [-0.2, 0) is 14.4 Å². The molecule has 0 aromatic heterocycles. The Morgan fingerprint density at radius 2 is 2.03 bits per heavy atom. The Morgan fingerprint density at radius 3 is 2.76 bits per heavy atom. The van der Waals surface area contributed by atoms with E-state index in [9.17, 15) is 14.4 Å². The lowest BCUT2D eigenvalue weighted by Crippen LogP contribution is -2.49. The quantitative estimate of drug-likeness (QED) is 0.457. The molecule has 158 valence electrons. The fourth-order valence-corrected chi connectivity index (χ4v) is 4.25. The number of carbonyl (C=O) groups is 3. The van der Waals surface area contributed by atoms with Gasteiger partial charge in [0.2, 0.25) is 17.7 Å². The van der Waals surface area contributed by atoms with Crippen molar-refractivity contribution in [1.82, 2.24) is 20.8 Å². The van der Waals surface area contributed by atoms with Gasteiger partial charge in [-0.2, -0.15) is 0 Å². The minimum atomic E-state index is -0.732. The first-order valence-electron chi connectivity index (χ1n) is 9.63. The highest BCUT2D eigenvalue weighted by atomic mass is 32.2. The van der Waals surface area contributed by atoms with Crippen LogP contribution in [0.25, 0.3) is 0 Å². The first-order chi connectivity index (χ1) is 14.0. The normalized spacial score (nSPS) is 23.1. The number of hydrogen-bond acceptors (Lipinski definition) is 5. The number of allylic oxidation sites excluding steroid dienone is 4. The van der Waals surface area contributed by atoms with Gasteiger partial charge in [-0.05, 0) is 42.5 Å². The topological polar surface area (TPSA) is 99.3 Å².